The normalized spacial score (nSPS) is 16.3. The van der Waals surface area contributed by atoms with Crippen LogP contribution in [0.1, 0.15) is 18.4 Å². The minimum atomic E-state index is -0.286. The summed E-state index contributed by atoms with van der Waals surface area (Å²) in [5.41, 5.74) is 1.47. The molecule has 3 rings (SSSR count). The Balaban J connectivity index is 1.74. The first-order chi connectivity index (χ1) is 13.0. The lowest BCUT2D eigenvalue weighted by Crippen LogP contribution is -2.40. The first-order valence-corrected chi connectivity index (χ1v) is 9.21. The fourth-order valence-corrected chi connectivity index (χ4v) is 3.11. The minimum absolute atomic E-state index is 0.0541. The third kappa shape index (κ3) is 5.17. The van der Waals surface area contributed by atoms with Crippen LogP contribution in [-0.2, 0) is 22.6 Å². The molecule has 1 aromatic heterocycles. The molecule has 0 saturated carbocycles. The topological polar surface area (TPSA) is 67.7 Å². The van der Waals surface area contributed by atoms with Crippen molar-refractivity contribution in [3.05, 3.63) is 58.5 Å². The predicted octanol–water partition coefficient (Wildman–Crippen LogP) is 1.52. The molecular weight excluding hydrogens is 344 g/mol. The van der Waals surface area contributed by atoms with Crippen LogP contribution in [0.5, 0.6) is 0 Å². The molecule has 0 spiro atoms. The van der Waals surface area contributed by atoms with E-state index in [0.717, 1.165) is 25.0 Å². The highest BCUT2D eigenvalue weighted by Crippen LogP contribution is 2.15. The molecule has 2 heterocycles. The van der Waals surface area contributed by atoms with Crippen molar-refractivity contribution in [2.75, 3.05) is 32.1 Å². The van der Waals surface area contributed by atoms with E-state index in [9.17, 15) is 9.59 Å². The van der Waals surface area contributed by atoms with Gasteiger partial charge < -0.3 is 14.5 Å². The highest BCUT2D eigenvalue weighted by atomic mass is 16.5. The zero-order chi connectivity index (χ0) is 19.2. The summed E-state index contributed by atoms with van der Waals surface area (Å²) in [6, 6.07) is 11.3. The highest BCUT2D eigenvalue weighted by Gasteiger charge is 2.23. The average molecular weight is 370 g/mol. The largest absolute Gasteiger partial charge is 0.376 e. The number of carbonyl (C=O) groups is 1. The second-order valence-corrected chi connectivity index (χ2v) is 7.00. The van der Waals surface area contributed by atoms with Crippen LogP contribution in [0.15, 0.2) is 47.4 Å². The van der Waals surface area contributed by atoms with Crippen molar-refractivity contribution in [3.8, 4) is 0 Å². The number of hydrogen-bond acceptors (Lipinski definition) is 5. The van der Waals surface area contributed by atoms with E-state index < -0.39 is 0 Å². The first kappa shape index (κ1) is 19.1. The number of anilines is 1. The molecule has 1 saturated heterocycles. The monoisotopic (exact) mass is 370 g/mol. The Morgan fingerprint density at radius 2 is 2.07 bits per heavy atom. The van der Waals surface area contributed by atoms with Crippen LogP contribution in [0.25, 0.3) is 0 Å². The molecule has 0 bridgehead atoms. The predicted molar refractivity (Wildman–Crippen MR) is 104 cm³/mol. The number of amides is 1. The second-order valence-electron chi connectivity index (χ2n) is 7.00. The van der Waals surface area contributed by atoms with Gasteiger partial charge in [0.05, 0.1) is 18.0 Å². The molecule has 1 amide bonds. The van der Waals surface area contributed by atoms with Crippen molar-refractivity contribution in [1.82, 2.24) is 14.7 Å². The van der Waals surface area contributed by atoms with Crippen LogP contribution in [0.4, 0.5) is 5.69 Å². The summed E-state index contributed by atoms with van der Waals surface area (Å²) in [6.45, 7) is 1.68. The van der Waals surface area contributed by atoms with E-state index in [2.05, 4.69) is 5.10 Å². The summed E-state index contributed by atoms with van der Waals surface area (Å²) in [4.78, 5) is 28.8. The van der Waals surface area contributed by atoms with E-state index in [1.54, 1.807) is 16.0 Å². The highest BCUT2D eigenvalue weighted by molar-refractivity contribution is 5.76. The summed E-state index contributed by atoms with van der Waals surface area (Å²) in [5.74, 6) is -0.137. The molecule has 1 atom stereocenters. The molecule has 0 unspecified atom stereocenters. The Bertz CT molecular complexity index is 813. The lowest BCUT2D eigenvalue weighted by molar-refractivity contribution is -0.134. The molecule has 0 N–H and O–H groups in total. The molecular formula is C20H26N4O3. The maximum atomic E-state index is 12.9. The van der Waals surface area contributed by atoms with Crippen molar-refractivity contribution in [2.24, 2.45) is 0 Å². The van der Waals surface area contributed by atoms with E-state index in [1.807, 2.05) is 44.4 Å². The van der Waals surface area contributed by atoms with E-state index in [4.69, 9.17) is 4.74 Å². The van der Waals surface area contributed by atoms with Crippen LogP contribution in [0, 0.1) is 0 Å². The SMILES string of the molecule is CN(C)c1cnn(CC(=O)N(Cc2ccccc2)C[C@H]2CCCO2)c(=O)c1. The molecule has 1 aliphatic heterocycles. The van der Waals surface area contributed by atoms with Gasteiger partial charge in [0, 0.05) is 39.9 Å². The van der Waals surface area contributed by atoms with Gasteiger partial charge in [0.25, 0.3) is 5.56 Å². The lowest BCUT2D eigenvalue weighted by Gasteiger charge is -2.26. The third-order valence-corrected chi connectivity index (χ3v) is 4.67. The molecule has 144 valence electrons. The average Bonchev–Trinajstić information content (AvgIpc) is 3.16. The fraction of sp³-hybridized carbons (Fsp3) is 0.450. The Morgan fingerprint density at radius 3 is 2.70 bits per heavy atom. The quantitative estimate of drug-likeness (QED) is 0.739. The van der Waals surface area contributed by atoms with Gasteiger partial charge in [0.1, 0.15) is 6.54 Å². The van der Waals surface area contributed by atoms with Gasteiger partial charge in [0.15, 0.2) is 0 Å². The van der Waals surface area contributed by atoms with Gasteiger partial charge >= 0.3 is 0 Å². The molecule has 27 heavy (non-hydrogen) atoms. The lowest BCUT2D eigenvalue weighted by atomic mass is 10.2. The Morgan fingerprint density at radius 1 is 1.30 bits per heavy atom. The van der Waals surface area contributed by atoms with E-state index >= 15 is 0 Å². The maximum Gasteiger partial charge on any atom is 0.269 e. The van der Waals surface area contributed by atoms with E-state index in [0.29, 0.717) is 18.8 Å². The van der Waals surface area contributed by atoms with Gasteiger partial charge in [-0.05, 0) is 18.4 Å². The van der Waals surface area contributed by atoms with Crippen LogP contribution >= 0.6 is 0 Å². The first-order valence-electron chi connectivity index (χ1n) is 9.21. The summed E-state index contributed by atoms with van der Waals surface area (Å²) in [6.07, 6.45) is 3.62. The zero-order valence-electron chi connectivity index (χ0n) is 15.9. The Labute approximate surface area is 159 Å². The Kier molecular flexibility index (Phi) is 6.24. The number of carbonyl (C=O) groups excluding carboxylic acids is 1. The van der Waals surface area contributed by atoms with E-state index in [1.165, 1.54) is 10.7 Å². The summed E-state index contributed by atoms with van der Waals surface area (Å²) >= 11 is 0. The minimum Gasteiger partial charge on any atom is -0.376 e. The van der Waals surface area contributed by atoms with Crippen molar-refractivity contribution in [3.63, 3.8) is 0 Å². The molecule has 2 aromatic rings. The summed E-state index contributed by atoms with van der Waals surface area (Å²) < 4.78 is 6.91. The Hall–Kier alpha value is -2.67. The molecule has 7 heteroatoms. The molecule has 0 radical (unpaired) electrons. The number of aromatic nitrogens is 2. The van der Waals surface area contributed by atoms with Crippen molar-refractivity contribution in [1.29, 1.82) is 0 Å². The van der Waals surface area contributed by atoms with E-state index in [-0.39, 0.29) is 24.1 Å². The van der Waals surface area contributed by atoms with Gasteiger partial charge in [-0.1, -0.05) is 30.3 Å². The van der Waals surface area contributed by atoms with Crippen LogP contribution in [0.2, 0.25) is 0 Å². The number of rotatable bonds is 7. The molecule has 7 nitrogen and oxygen atoms in total. The molecule has 1 aromatic carbocycles. The fourth-order valence-electron chi connectivity index (χ4n) is 3.11. The van der Waals surface area contributed by atoms with Crippen molar-refractivity contribution in [2.45, 2.75) is 32.0 Å². The second kappa shape index (κ2) is 8.81. The van der Waals surface area contributed by atoms with Crippen LogP contribution in [-0.4, -0.2) is 53.9 Å². The zero-order valence-corrected chi connectivity index (χ0v) is 15.9. The van der Waals surface area contributed by atoms with Gasteiger partial charge in [-0.3, -0.25) is 9.59 Å². The third-order valence-electron chi connectivity index (χ3n) is 4.67. The number of ether oxygens (including phenoxy) is 1. The van der Waals surface area contributed by atoms with Crippen molar-refractivity contribution >= 4 is 11.6 Å². The summed E-state index contributed by atoms with van der Waals surface area (Å²) in [7, 11) is 3.68. The van der Waals surface area contributed by atoms with Gasteiger partial charge in [0.2, 0.25) is 5.91 Å². The number of hydrogen-bond donors (Lipinski definition) is 0. The number of benzene rings is 1. The molecule has 0 aliphatic carbocycles. The number of nitrogens with zero attached hydrogens (tertiary/aromatic N) is 4. The maximum absolute atomic E-state index is 12.9. The molecule has 1 fully saturated rings. The summed E-state index contributed by atoms with van der Waals surface area (Å²) in [5, 5.41) is 4.14. The molecule has 1 aliphatic rings. The standard InChI is InChI=1S/C20H26N4O3/c1-22(2)17-11-19(25)24(21-12-17)15-20(26)23(14-18-9-6-10-27-18)13-16-7-4-3-5-8-16/h3-5,7-8,11-12,18H,6,9-10,13-15H2,1-2H3/t18-/m1/s1. The van der Waals surface area contributed by atoms with Crippen LogP contribution < -0.4 is 10.5 Å². The van der Waals surface area contributed by atoms with Gasteiger partial charge in [-0.15, -0.1) is 0 Å². The van der Waals surface area contributed by atoms with Crippen molar-refractivity contribution < 1.29 is 9.53 Å². The van der Waals surface area contributed by atoms with Crippen LogP contribution in [0.3, 0.4) is 0 Å². The van der Waals surface area contributed by atoms with Gasteiger partial charge in [-0.25, -0.2) is 4.68 Å². The smallest absolute Gasteiger partial charge is 0.269 e. The van der Waals surface area contributed by atoms with Gasteiger partial charge in [-0.2, -0.15) is 5.10 Å².